The molecule has 0 radical (unpaired) electrons. The molecule has 0 saturated heterocycles. The van der Waals surface area contributed by atoms with E-state index in [1.807, 2.05) is 0 Å². The molecule has 0 amide bonds. The molecule has 0 heterocycles. The lowest BCUT2D eigenvalue weighted by Gasteiger charge is -2.31. The van der Waals surface area contributed by atoms with Crippen LogP contribution in [0, 0.1) is 11.8 Å². The molecular weight excluding hydrogens is 216 g/mol. The van der Waals surface area contributed by atoms with Gasteiger partial charge in [-0.25, -0.2) is 0 Å². The van der Waals surface area contributed by atoms with Crippen molar-refractivity contribution in [3.8, 4) is 0 Å². The molecule has 1 aromatic carbocycles. The smallest absolute Gasteiger partial charge is 0.0162 e. The van der Waals surface area contributed by atoms with Crippen LogP contribution in [0.4, 0.5) is 0 Å². The van der Waals surface area contributed by atoms with Crippen LogP contribution in [0.15, 0.2) is 24.3 Å². The van der Waals surface area contributed by atoms with Crippen molar-refractivity contribution in [2.45, 2.75) is 65.2 Å². The van der Waals surface area contributed by atoms with Crippen molar-refractivity contribution in [2.75, 3.05) is 0 Å². The van der Waals surface area contributed by atoms with Gasteiger partial charge in [0, 0.05) is 0 Å². The fraction of sp³-hybridized carbons (Fsp3) is 0.667. The molecule has 100 valence electrons. The maximum Gasteiger partial charge on any atom is -0.0162 e. The molecule has 0 unspecified atom stereocenters. The molecule has 0 N–H and O–H groups in total. The third kappa shape index (κ3) is 3.16. The summed E-state index contributed by atoms with van der Waals surface area (Å²) in [7, 11) is 0. The van der Waals surface area contributed by atoms with Crippen molar-refractivity contribution >= 4 is 0 Å². The van der Waals surface area contributed by atoms with Gasteiger partial charge in [-0.1, -0.05) is 52.0 Å². The average molecular weight is 244 g/mol. The van der Waals surface area contributed by atoms with Gasteiger partial charge in [0.25, 0.3) is 0 Å². The topological polar surface area (TPSA) is 0 Å². The molecule has 0 heteroatoms. The van der Waals surface area contributed by atoms with E-state index < -0.39 is 0 Å². The molecule has 1 aromatic rings. The van der Waals surface area contributed by atoms with Crippen molar-refractivity contribution in [3.05, 3.63) is 35.4 Å². The Morgan fingerprint density at radius 1 is 0.833 bits per heavy atom. The van der Waals surface area contributed by atoms with Gasteiger partial charge in [-0.2, -0.15) is 0 Å². The van der Waals surface area contributed by atoms with Gasteiger partial charge in [-0.05, 0) is 60.5 Å². The van der Waals surface area contributed by atoms with E-state index in [1.165, 1.54) is 31.2 Å². The highest BCUT2D eigenvalue weighted by atomic mass is 14.3. The van der Waals surface area contributed by atoms with Crippen molar-refractivity contribution in [3.63, 3.8) is 0 Å². The van der Waals surface area contributed by atoms with Crippen molar-refractivity contribution in [2.24, 2.45) is 11.8 Å². The summed E-state index contributed by atoms with van der Waals surface area (Å²) in [4.78, 5) is 0. The number of benzene rings is 1. The second kappa shape index (κ2) is 5.91. The molecule has 0 atom stereocenters. The average Bonchev–Trinajstić information content (AvgIpc) is 2.39. The lowest BCUT2D eigenvalue weighted by molar-refractivity contribution is 0.259. The van der Waals surface area contributed by atoms with Crippen molar-refractivity contribution in [1.82, 2.24) is 0 Å². The second-order valence-corrected chi connectivity index (χ2v) is 6.68. The summed E-state index contributed by atoms with van der Waals surface area (Å²) in [6.07, 6.45) is 5.64. The highest BCUT2D eigenvalue weighted by molar-refractivity contribution is 5.27. The van der Waals surface area contributed by atoms with Gasteiger partial charge in [-0.15, -0.1) is 0 Å². The SMILES string of the molecule is CC(C)c1ccc(C2CCC(C(C)C)CC2)cc1. The number of rotatable bonds is 3. The predicted octanol–water partition coefficient (Wildman–Crippen LogP) is 5.74. The third-order valence-electron chi connectivity index (χ3n) is 4.79. The summed E-state index contributed by atoms with van der Waals surface area (Å²) in [5.74, 6) is 3.31. The standard InChI is InChI=1S/C18H28/c1-13(2)15-5-9-17(10-6-15)18-11-7-16(8-12-18)14(3)4/h5-6,9-10,13-14,16,18H,7-8,11-12H2,1-4H3. The van der Waals surface area contributed by atoms with Crippen LogP contribution in [0.3, 0.4) is 0 Å². The minimum absolute atomic E-state index is 0.649. The molecule has 1 aliphatic carbocycles. The first-order valence-corrected chi connectivity index (χ1v) is 7.67. The summed E-state index contributed by atoms with van der Waals surface area (Å²) in [5.41, 5.74) is 3.04. The van der Waals surface area contributed by atoms with Crippen LogP contribution in [0.25, 0.3) is 0 Å². The highest BCUT2D eigenvalue weighted by Crippen LogP contribution is 2.38. The Balaban J connectivity index is 1.97. The summed E-state index contributed by atoms with van der Waals surface area (Å²) in [6, 6.07) is 9.40. The Kier molecular flexibility index (Phi) is 4.48. The fourth-order valence-corrected chi connectivity index (χ4v) is 3.27. The lowest BCUT2D eigenvalue weighted by atomic mass is 9.74. The van der Waals surface area contributed by atoms with Crippen LogP contribution in [0.1, 0.15) is 76.3 Å². The fourth-order valence-electron chi connectivity index (χ4n) is 3.27. The first kappa shape index (κ1) is 13.6. The highest BCUT2D eigenvalue weighted by Gasteiger charge is 2.24. The molecule has 0 aromatic heterocycles. The number of hydrogen-bond acceptors (Lipinski definition) is 0. The van der Waals surface area contributed by atoms with E-state index in [-0.39, 0.29) is 0 Å². The molecule has 0 bridgehead atoms. The maximum atomic E-state index is 2.38. The molecule has 1 aliphatic rings. The minimum Gasteiger partial charge on any atom is -0.0625 e. The lowest BCUT2D eigenvalue weighted by Crippen LogP contribution is -2.17. The number of hydrogen-bond donors (Lipinski definition) is 0. The van der Waals surface area contributed by atoms with Crippen LogP contribution in [0.5, 0.6) is 0 Å². The van der Waals surface area contributed by atoms with Gasteiger partial charge in [-0.3, -0.25) is 0 Å². The van der Waals surface area contributed by atoms with Crippen molar-refractivity contribution in [1.29, 1.82) is 0 Å². The van der Waals surface area contributed by atoms with Gasteiger partial charge in [0.2, 0.25) is 0 Å². The zero-order valence-corrected chi connectivity index (χ0v) is 12.4. The molecular formula is C18H28. The summed E-state index contributed by atoms with van der Waals surface area (Å²) in [6.45, 7) is 9.29. The van der Waals surface area contributed by atoms with E-state index >= 15 is 0 Å². The molecule has 18 heavy (non-hydrogen) atoms. The molecule has 0 spiro atoms. The Morgan fingerprint density at radius 3 is 1.83 bits per heavy atom. The van der Waals surface area contributed by atoms with Gasteiger partial charge < -0.3 is 0 Å². The summed E-state index contributed by atoms with van der Waals surface area (Å²) >= 11 is 0. The normalized spacial score (nSPS) is 24.8. The van der Waals surface area contributed by atoms with Crippen LogP contribution >= 0.6 is 0 Å². The van der Waals surface area contributed by atoms with E-state index in [9.17, 15) is 0 Å². The van der Waals surface area contributed by atoms with Gasteiger partial charge >= 0.3 is 0 Å². The zero-order valence-electron chi connectivity index (χ0n) is 12.4. The van der Waals surface area contributed by atoms with Crippen LogP contribution in [0.2, 0.25) is 0 Å². The second-order valence-electron chi connectivity index (χ2n) is 6.68. The van der Waals surface area contributed by atoms with Crippen LogP contribution in [-0.4, -0.2) is 0 Å². The Morgan fingerprint density at radius 2 is 1.39 bits per heavy atom. The van der Waals surface area contributed by atoms with Gasteiger partial charge in [0.05, 0.1) is 0 Å². The minimum atomic E-state index is 0.649. The first-order chi connectivity index (χ1) is 8.58. The van der Waals surface area contributed by atoms with E-state index in [1.54, 1.807) is 5.56 Å². The zero-order chi connectivity index (χ0) is 13.1. The van der Waals surface area contributed by atoms with Gasteiger partial charge in [0.15, 0.2) is 0 Å². The van der Waals surface area contributed by atoms with E-state index in [4.69, 9.17) is 0 Å². The molecule has 1 saturated carbocycles. The summed E-state index contributed by atoms with van der Waals surface area (Å²) < 4.78 is 0. The van der Waals surface area contributed by atoms with E-state index in [0.717, 1.165) is 17.8 Å². The van der Waals surface area contributed by atoms with E-state index in [0.29, 0.717) is 5.92 Å². The quantitative estimate of drug-likeness (QED) is 0.636. The first-order valence-electron chi connectivity index (χ1n) is 7.67. The molecule has 0 aliphatic heterocycles. The predicted molar refractivity (Wildman–Crippen MR) is 80.1 cm³/mol. The van der Waals surface area contributed by atoms with Gasteiger partial charge in [0.1, 0.15) is 0 Å². The monoisotopic (exact) mass is 244 g/mol. The van der Waals surface area contributed by atoms with Crippen molar-refractivity contribution < 1.29 is 0 Å². The molecule has 2 rings (SSSR count). The third-order valence-corrected chi connectivity index (χ3v) is 4.79. The Labute approximate surface area is 113 Å². The van der Waals surface area contributed by atoms with Crippen LogP contribution in [-0.2, 0) is 0 Å². The largest absolute Gasteiger partial charge is 0.0625 e. The molecule has 0 nitrogen and oxygen atoms in total. The molecule has 1 fully saturated rings. The van der Waals surface area contributed by atoms with Crippen LogP contribution < -0.4 is 0 Å². The Bertz CT molecular complexity index is 350. The maximum absolute atomic E-state index is 2.38. The Hall–Kier alpha value is -0.780. The summed E-state index contributed by atoms with van der Waals surface area (Å²) in [5, 5.41) is 0. The van der Waals surface area contributed by atoms with E-state index in [2.05, 4.69) is 52.0 Å².